The first-order chi connectivity index (χ1) is 7.70. The highest BCUT2D eigenvalue weighted by Gasteiger charge is 2.28. The SMILES string of the molecule is CN(c1ncccc1F)C1CCCCC1Br. The van der Waals surface area contributed by atoms with Crippen molar-refractivity contribution in [1.29, 1.82) is 0 Å². The average Bonchev–Trinajstić information content (AvgIpc) is 2.29. The van der Waals surface area contributed by atoms with Crippen LogP contribution in [0.3, 0.4) is 0 Å². The normalized spacial score (nSPS) is 25.4. The van der Waals surface area contributed by atoms with Crippen LogP contribution in [-0.2, 0) is 0 Å². The van der Waals surface area contributed by atoms with Gasteiger partial charge in [0.1, 0.15) is 0 Å². The molecule has 2 rings (SSSR count). The highest BCUT2D eigenvalue weighted by atomic mass is 79.9. The number of nitrogens with zero attached hydrogens (tertiary/aromatic N) is 2. The van der Waals surface area contributed by atoms with Crippen LogP contribution < -0.4 is 4.90 Å². The van der Waals surface area contributed by atoms with Crippen molar-refractivity contribution in [3.63, 3.8) is 0 Å². The first-order valence-electron chi connectivity index (χ1n) is 5.67. The maximum Gasteiger partial charge on any atom is 0.165 e. The van der Waals surface area contributed by atoms with E-state index in [0.29, 0.717) is 16.7 Å². The molecule has 4 heteroatoms. The fraction of sp³-hybridized carbons (Fsp3) is 0.583. The second kappa shape index (κ2) is 5.13. The number of halogens is 2. The molecule has 0 saturated heterocycles. The number of hydrogen-bond donors (Lipinski definition) is 0. The highest BCUT2D eigenvalue weighted by molar-refractivity contribution is 9.09. The minimum atomic E-state index is -0.240. The highest BCUT2D eigenvalue weighted by Crippen LogP contribution is 2.30. The first-order valence-corrected chi connectivity index (χ1v) is 6.59. The van der Waals surface area contributed by atoms with Crippen molar-refractivity contribution in [2.75, 3.05) is 11.9 Å². The Kier molecular flexibility index (Phi) is 3.79. The molecule has 1 aromatic rings. The number of anilines is 1. The predicted molar refractivity (Wildman–Crippen MR) is 67.6 cm³/mol. The van der Waals surface area contributed by atoms with Crippen LogP contribution in [-0.4, -0.2) is 22.9 Å². The molecule has 1 saturated carbocycles. The van der Waals surface area contributed by atoms with Crippen molar-refractivity contribution in [1.82, 2.24) is 4.98 Å². The number of hydrogen-bond acceptors (Lipinski definition) is 2. The van der Waals surface area contributed by atoms with E-state index in [4.69, 9.17) is 0 Å². The molecular weight excluding hydrogens is 271 g/mol. The van der Waals surface area contributed by atoms with Gasteiger partial charge >= 0.3 is 0 Å². The molecule has 2 unspecified atom stereocenters. The second-order valence-electron chi connectivity index (χ2n) is 4.29. The van der Waals surface area contributed by atoms with Crippen molar-refractivity contribution in [3.05, 3.63) is 24.1 Å². The Morgan fingerprint density at radius 1 is 1.44 bits per heavy atom. The van der Waals surface area contributed by atoms with Crippen LogP contribution in [0.4, 0.5) is 10.2 Å². The summed E-state index contributed by atoms with van der Waals surface area (Å²) in [6, 6.07) is 3.43. The van der Waals surface area contributed by atoms with E-state index in [1.54, 1.807) is 12.3 Å². The molecule has 2 nitrogen and oxygen atoms in total. The number of pyridine rings is 1. The van der Waals surface area contributed by atoms with Gasteiger partial charge in [-0.1, -0.05) is 28.8 Å². The molecule has 88 valence electrons. The zero-order valence-electron chi connectivity index (χ0n) is 9.37. The summed E-state index contributed by atoms with van der Waals surface area (Å²) in [7, 11) is 1.93. The van der Waals surface area contributed by atoms with Gasteiger partial charge in [-0.25, -0.2) is 9.37 Å². The lowest BCUT2D eigenvalue weighted by atomic mass is 9.94. The first kappa shape index (κ1) is 11.8. The molecule has 1 aromatic heterocycles. The average molecular weight is 287 g/mol. The monoisotopic (exact) mass is 286 g/mol. The van der Waals surface area contributed by atoms with Gasteiger partial charge in [0.15, 0.2) is 11.6 Å². The summed E-state index contributed by atoms with van der Waals surface area (Å²) in [6.45, 7) is 0. The van der Waals surface area contributed by atoms with Crippen LogP contribution in [0.1, 0.15) is 25.7 Å². The van der Waals surface area contributed by atoms with Gasteiger partial charge in [-0.15, -0.1) is 0 Å². The van der Waals surface area contributed by atoms with E-state index < -0.39 is 0 Å². The number of aromatic nitrogens is 1. The van der Waals surface area contributed by atoms with Crippen molar-refractivity contribution in [2.45, 2.75) is 36.6 Å². The Hall–Kier alpha value is -0.640. The molecule has 1 fully saturated rings. The lowest BCUT2D eigenvalue weighted by Crippen LogP contribution is -2.41. The zero-order chi connectivity index (χ0) is 11.5. The minimum Gasteiger partial charge on any atom is -0.353 e. The molecule has 2 atom stereocenters. The Morgan fingerprint density at radius 3 is 2.88 bits per heavy atom. The van der Waals surface area contributed by atoms with E-state index in [1.165, 1.54) is 18.9 Å². The van der Waals surface area contributed by atoms with Crippen LogP contribution in [0.5, 0.6) is 0 Å². The van der Waals surface area contributed by atoms with E-state index in [9.17, 15) is 4.39 Å². The Labute approximate surface area is 104 Å². The van der Waals surface area contributed by atoms with Crippen molar-refractivity contribution in [3.8, 4) is 0 Å². The van der Waals surface area contributed by atoms with Crippen molar-refractivity contribution < 1.29 is 4.39 Å². The summed E-state index contributed by atoms with van der Waals surface area (Å²) in [5.41, 5.74) is 0. The van der Waals surface area contributed by atoms with E-state index in [0.717, 1.165) is 12.8 Å². The van der Waals surface area contributed by atoms with Gasteiger partial charge in [0.2, 0.25) is 0 Å². The topological polar surface area (TPSA) is 16.1 Å². The molecule has 0 aromatic carbocycles. The van der Waals surface area contributed by atoms with Gasteiger partial charge in [0.05, 0.1) is 0 Å². The minimum absolute atomic E-state index is 0.240. The summed E-state index contributed by atoms with van der Waals surface area (Å²) in [4.78, 5) is 6.52. The molecule has 0 spiro atoms. The van der Waals surface area contributed by atoms with Crippen LogP contribution in [0.15, 0.2) is 18.3 Å². The van der Waals surface area contributed by atoms with E-state index in [1.807, 2.05) is 11.9 Å². The third-order valence-corrected chi connectivity index (χ3v) is 4.29. The van der Waals surface area contributed by atoms with Gasteiger partial charge in [0.25, 0.3) is 0 Å². The molecule has 0 radical (unpaired) electrons. The van der Waals surface area contributed by atoms with Crippen LogP contribution in [0.2, 0.25) is 0 Å². The molecule has 0 amide bonds. The third-order valence-electron chi connectivity index (χ3n) is 3.22. The fourth-order valence-corrected chi connectivity index (χ4v) is 3.24. The second-order valence-corrected chi connectivity index (χ2v) is 5.46. The lowest BCUT2D eigenvalue weighted by molar-refractivity contribution is 0.438. The number of alkyl halides is 1. The summed E-state index contributed by atoms with van der Waals surface area (Å²) >= 11 is 3.69. The van der Waals surface area contributed by atoms with Gasteiger partial charge in [0, 0.05) is 24.1 Å². The van der Waals surface area contributed by atoms with Crippen LogP contribution >= 0.6 is 15.9 Å². The van der Waals surface area contributed by atoms with E-state index >= 15 is 0 Å². The molecule has 1 aliphatic rings. The van der Waals surface area contributed by atoms with Gasteiger partial charge in [-0.05, 0) is 25.0 Å². The van der Waals surface area contributed by atoms with E-state index in [2.05, 4.69) is 20.9 Å². The molecule has 0 N–H and O–H groups in total. The Bertz CT molecular complexity index is 359. The van der Waals surface area contributed by atoms with Crippen molar-refractivity contribution >= 4 is 21.7 Å². The zero-order valence-corrected chi connectivity index (χ0v) is 11.0. The molecule has 1 heterocycles. The van der Waals surface area contributed by atoms with Gasteiger partial charge in [-0.3, -0.25) is 0 Å². The third kappa shape index (κ3) is 2.37. The molecular formula is C12H16BrFN2. The summed E-state index contributed by atoms with van der Waals surface area (Å²) in [5.74, 6) is 0.217. The molecule has 0 bridgehead atoms. The lowest BCUT2D eigenvalue weighted by Gasteiger charge is -2.35. The van der Waals surface area contributed by atoms with Gasteiger partial charge < -0.3 is 4.90 Å². The molecule has 1 aliphatic carbocycles. The predicted octanol–water partition coefficient (Wildman–Crippen LogP) is 3.36. The summed E-state index contributed by atoms with van der Waals surface area (Å²) in [6.07, 6.45) is 6.36. The maximum atomic E-state index is 13.6. The summed E-state index contributed by atoms with van der Waals surface area (Å²) in [5, 5.41) is 0. The largest absolute Gasteiger partial charge is 0.353 e. The molecule has 0 aliphatic heterocycles. The standard InChI is InChI=1S/C12H16BrFN2/c1-16(11-7-3-2-5-9(11)13)12-10(14)6-4-8-15-12/h4,6,8-9,11H,2-3,5,7H2,1H3. The fourth-order valence-electron chi connectivity index (χ4n) is 2.30. The van der Waals surface area contributed by atoms with E-state index in [-0.39, 0.29) is 5.82 Å². The smallest absolute Gasteiger partial charge is 0.165 e. The quantitative estimate of drug-likeness (QED) is 0.775. The number of rotatable bonds is 2. The Morgan fingerprint density at radius 2 is 2.19 bits per heavy atom. The maximum absolute atomic E-state index is 13.6. The molecule has 16 heavy (non-hydrogen) atoms. The summed E-state index contributed by atoms with van der Waals surface area (Å²) < 4.78 is 13.6. The van der Waals surface area contributed by atoms with Crippen LogP contribution in [0, 0.1) is 5.82 Å². The van der Waals surface area contributed by atoms with Gasteiger partial charge in [-0.2, -0.15) is 0 Å². The Balaban J connectivity index is 2.17. The van der Waals surface area contributed by atoms with Crippen molar-refractivity contribution in [2.24, 2.45) is 0 Å². The van der Waals surface area contributed by atoms with Crippen LogP contribution in [0.25, 0.3) is 0 Å².